The van der Waals surface area contributed by atoms with Crippen molar-refractivity contribution >= 4 is 0 Å². The maximum atomic E-state index is 10.0. The summed E-state index contributed by atoms with van der Waals surface area (Å²) in [7, 11) is 2.98. The minimum Gasteiger partial charge on any atom is -0.504 e. The number of phenols is 2. The largest absolute Gasteiger partial charge is 0.504 e. The third-order valence-corrected chi connectivity index (χ3v) is 4.37. The van der Waals surface area contributed by atoms with E-state index in [2.05, 4.69) is 0 Å². The lowest BCUT2D eigenvalue weighted by Gasteiger charge is -2.28. The fourth-order valence-corrected chi connectivity index (χ4v) is 3.22. The van der Waals surface area contributed by atoms with E-state index in [-0.39, 0.29) is 23.5 Å². The first-order chi connectivity index (χ1) is 11.1. The zero-order valence-electron chi connectivity index (χ0n) is 12.7. The summed E-state index contributed by atoms with van der Waals surface area (Å²) in [5.41, 5.74) is 1.63. The number of fused-ring (bicyclic) bond motifs is 5. The summed E-state index contributed by atoms with van der Waals surface area (Å²) >= 11 is 0. The van der Waals surface area contributed by atoms with Crippen LogP contribution in [0.5, 0.6) is 34.5 Å². The van der Waals surface area contributed by atoms with Crippen molar-refractivity contribution in [1.29, 1.82) is 0 Å². The second-order valence-electron chi connectivity index (χ2n) is 5.58. The molecule has 0 bridgehead atoms. The highest BCUT2D eigenvalue weighted by Gasteiger charge is 2.42. The van der Waals surface area contributed by atoms with Gasteiger partial charge in [0.1, 0.15) is 17.6 Å². The first-order valence-electron chi connectivity index (χ1n) is 7.23. The highest BCUT2D eigenvalue weighted by molar-refractivity contribution is 5.58. The summed E-state index contributed by atoms with van der Waals surface area (Å²) < 4.78 is 22.1. The highest BCUT2D eigenvalue weighted by Crippen LogP contribution is 2.54. The van der Waals surface area contributed by atoms with Crippen LogP contribution in [0.4, 0.5) is 0 Å². The zero-order valence-corrected chi connectivity index (χ0v) is 12.7. The van der Waals surface area contributed by atoms with Gasteiger partial charge in [0, 0.05) is 23.3 Å². The van der Waals surface area contributed by atoms with Crippen LogP contribution < -0.4 is 18.9 Å². The maximum absolute atomic E-state index is 10.0. The molecule has 2 aliphatic heterocycles. The molecule has 6 nitrogen and oxygen atoms in total. The summed E-state index contributed by atoms with van der Waals surface area (Å²) in [5.74, 6) is 2.06. The number of phenolic OH excluding ortho intramolecular Hbond substituents is 2. The van der Waals surface area contributed by atoms with Crippen LogP contribution in [-0.2, 0) is 0 Å². The average molecular weight is 316 g/mol. The molecule has 2 aliphatic rings. The fraction of sp³-hybridized carbons (Fsp3) is 0.294. The number of rotatable bonds is 2. The summed E-state index contributed by atoms with van der Waals surface area (Å²) in [5, 5.41) is 20.0. The summed E-state index contributed by atoms with van der Waals surface area (Å²) in [6.45, 7) is 0.421. The van der Waals surface area contributed by atoms with Gasteiger partial charge in [-0.15, -0.1) is 0 Å². The van der Waals surface area contributed by atoms with E-state index in [0.29, 0.717) is 29.6 Å². The molecular formula is C17H16O6. The van der Waals surface area contributed by atoms with Crippen molar-refractivity contribution in [3.8, 4) is 34.5 Å². The van der Waals surface area contributed by atoms with Gasteiger partial charge in [0.15, 0.2) is 23.0 Å². The van der Waals surface area contributed by atoms with Gasteiger partial charge in [-0.1, -0.05) is 0 Å². The monoisotopic (exact) mass is 316 g/mol. The number of methoxy groups -OCH3 is 2. The SMILES string of the molecule is COc1cc2c(cc1O)[C@@H]1COc3cc(OC)c(O)cc3[C@@H]1O2. The lowest BCUT2D eigenvalue weighted by molar-refractivity contribution is 0.138. The molecule has 0 unspecified atom stereocenters. The van der Waals surface area contributed by atoms with Crippen LogP contribution in [0.25, 0.3) is 0 Å². The van der Waals surface area contributed by atoms with Gasteiger partial charge in [-0.3, -0.25) is 0 Å². The van der Waals surface area contributed by atoms with Crippen molar-refractivity contribution in [2.45, 2.75) is 12.0 Å². The number of aromatic hydroxyl groups is 2. The smallest absolute Gasteiger partial charge is 0.164 e. The Hall–Kier alpha value is -2.76. The van der Waals surface area contributed by atoms with E-state index in [9.17, 15) is 10.2 Å². The molecule has 2 aromatic carbocycles. The summed E-state index contributed by atoms with van der Waals surface area (Å²) in [6.07, 6.45) is -0.280. The standard InChI is InChI=1S/C17H16O6/c1-20-15-5-13-9(4-12(15)19)17-10(7-22-13)8-3-11(18)16(21-2)6-14(8)23-17/h3-6,10,17-19H,7H2,1-2H3/t10-,17-/m0/s1. The van der Waals surface area contributed by atoms with Crippen molar-refractivity contribution < 1.29 is 29.2 Å². The van der Waals surface area contributed by atoms with Gasteiger partial charge >= 0.3 is 0 Å². The molecule has 0 amide bonds. The highest BCUT2D eigenvalue weighted by atomic mass is 16.5. The first kappa shape index (κ1) is 13.9. The Labute approximate surface area is 132 Å². The van der Waals surface area contributed by atoms with Crippen molar-refractivity contribution in [3.05, 3.63) is 35.4 Å². The van der Waals surface area contributed by atoms with E-state index in [1.54, 1.807) is 24.3 Å². The Morgan fingerprint density at radius 3 is 2.17 bits per heavy atom. The van der Waals surface area contributed by atoms with Gasteiger partial charge in [0.2, 0.25) is 0 Å². The molecule has 120 valence electrons. The third-order valence-electron chi connectivity index (χ3n) is 4.37. The predicted octanol–water partition coefficient (Wildman–Crippen LogP) is 2.72. The number of ether oxygens (including phenoxy) is 4. The lowest BCUT2D eigenvalue weighted by atomic mass is 9.89. The average Bonchev–Trinajstić information content (AvgIpc) is 2.91. The Balaban J connectivity index is 1.79. The first-order valence-corrected chi connectivity index (χ1v) is 7.23. The topological polar surface area (TPSA) is 77.4 Å². The molecule has 2 N–H and O–H groups in total. The van der Waals surface area contributed by atoms with Gasteiger partial charge in [-0.05, 0) is 12.1 Å². The van der Waals surface area contributed by atoms with Gasteiger partial charge in [-0.2, -0.15) is 0 Å². The number of benzene rings is 2. The molecule has 6 heteroatoms. The third kappa shape index (κ3) is 1.94. The Bertz CT molecular complexity index is 785. The normalized spacial score (nSPS) is 20.6. The molecule has 0 aromatic heterocycles. The van der Waals surface area contributed by atoms with E-state index in [1.165, 1.54) is 14.2 Å². The summed E-state index contributed by atoms with van der Waals surface area (Å²) in [4.78, 5) is 0. The minimum absolute atomic E-state index is 0.0375. The Kier molecular flexibility index (Phi) is 2.94. The molecule has 0 fully saturated rings. The quantitative estimate of drug-likeness (QED) is 0.887. The Morgan fingerprint density at radius 1 is 0.913 bits per heavy atom. The number of hydrogen-bond acceptors (Lipinski definition) is 6. The summed E-state index contributed by atoms with van der Waals surface area (Å²) in [6, 6.07) is 6.59. The van der Waals surface area contributed by atoms with E-state index >= 15 is 0 Å². The van der Waals surface area contributed by atoms with E-state index in [0.717, 1.165) is 11.1 Å². The molecule has 4 rings (SSSR count). The molecule has 0 spiro atoms. The molecular weight excluding hydrogens is 300 g/mol. The minimum atomic E-state index is -0.280. The zero-order chi connectivity index (χ0) is 16.1. The molecule has 0 saturated carbocycles. The van der Waals surface area contributed by atoms with Crippen LogP contribution in [0.15, 0.2) is 24.3 Å². The van der Waals surface area contributed by atoms with Gasteiger partial charge in [-0.25, -0.2) is 0 Å². The second-order valence-corrected chi connectivity index (χ2v) is 5.58. The van der Waals surface area contributed by atoms with Gasteiger partial charge < -0.3 is 29.2 Å². The van der Waals surface area contributed by atoms with E-state index < -0.39 is 0 Å². The fourth-order valence-electron chi connectivity index (χ4n) is 3.22. The van der Waals surface area contributed by atoms with Crippen LogP contribution in [0, 0.1) is 0 Å². The van der Waals surface area contributed by atoms with Crippen molar-refractivity contribution in [3.63, 3.8) is 0 Å². The molecule has 23 heavy (non-hydrogen) atoms. The van der Waals surface area contributed by atoms with Gasteiger partial charge in [0.25, 0.3) is 0 Å². The van der Waals surface area contributed by atoms with Crippen molar-refractivity contribution in [2.75, 3.05) is 20.8 Å². The Morgan fingerprint density at radius 2 is 1.52 bits per heavy atom. The maximum Gasteiger partial charge on any atom is 0.164 e. The molecule has 0 radical (unpaired) electrons. The van der Waals surface area contributed by atoms with Crippen LogP contribution >= 0.6 is 0 Å². The predicted molar refractivity (Wildman–Crippen MR) is 80.9 cm³/mol. The lowest BCUT2D eigenvalue weighted by Crippen LogP contribution is -2.23. The molecule has 2 atom stereocenters. The van der Waals surface area contributed by atoms with Crippen molar-refractivity contribution in [2.24, 2.45) is 0 Å². The van der Waals surface area contributed by atoms with Gasteiger partial charge in [0.05, 0.1) is 26.7 Å². The van der Waals surface area contributed by atoms with Crippen LogP contribution in [-0.4, -0.2) is 31.0 Å². The van der Waals surface area contributed by atoms with Crippen LogP contribution in [0.2, 0.25) is 0 Å². The molecule has 0 aliphatic carbocycles. The van der Waals surface area contributed by atoms with E-state index in [1.807, 2.05) is 0 Å². The second kappa shape index (κ2) is 4.87. The van der Waals surface area contributed by atoms with Crippen molar-refractivity contribution in [1.82, 2.24) is 0 Å². The number of hydrogen-bond donors (Lipinski definition) is 2. The van der Waals surface area contributed by atoms with Crippen LogP contribution in [0.1, 0.15) is 23.1 Å². The van der Waals surface area contributed by atoms with E-state index in [4.69, 9.17) is 18.9 Å². The molecule has 2 aromatic rings. The van der Waals surface area contributed by atoms with Crippen LogP contribution in [0.3, 0.4) is 0 Å². The molecule has 2 heterocycles. The molecule has 0 saturated heterocycles.